The molecule has 1 aromatic heterocycles. The summed E-state index contributed by atoms with van der Waals surface area (Å²) in [5.41, 5.74) is 2.71. The van der Waals surface area contributed by atoms with Crippen LogP contribution in [0.1, 0.15) is 22.8 Å². The zero-order valence-electron chi connectivity index (χ0n) is 14.2. The minimum Gasteiger partial charge on any atom is -0.380 e. The highest BCUT2D eigenvalue weighted by atomic mass is 79.9. The molecular weight excluding hydrogens is 400 g/mol. The fraction of sp³-hybridized carbons (Fsp3) is 0.263. The molecule has 0 fully saturated rings. The van der Waals surface area contributed by atoms with E-state index in [2.05, 4.69) is 25.5 Å². The Morgan fingerprint density at radius 3 is 2.88 bits per heavy atom. The second-order valence-corrected chi connectivity index (χ2v) is 7.56. The van der Waals surface area contributed by atoms with E-state index in [1.807, 2.05) is 50.2 Å². The van der Waals surface area contributed by atoms with Crippen LogP contribution in [0.4, 0.5) is 0 Å². The van der Waals surface area contributed by atoms with Crippen molar-refractivity contribution in [2.75, 3.05) is 13.2 Å². The van der Waals surface area contributed by atoms with Gasteiger partial charge in [-0.3, -0.25) is 4.79 Å². The lowest BCUT2D eigenvalue weighted by Crippen LogP contribution is -2.19. The van der Waals surface area contributed by atoms with Crippen LogP contribution in [0.5, 0.6) is 0 Å². The van der Waals surface area contributed by atoms with Crippen molar-refractivity contribution in [3.63, 3.8) is 0 Å². The number of ether oxygens (including phenoxy) is 1. The molecule has 0 spiro atoms. The number of carbonyl (C=O) groups excluding carboxylic acids is 1. The van der Waals surface area contributed by atoms with Crippen molar-refractivity contribution in [3.8, 4) is 0 Å². The normalized spacial score (nSPS) is 12.0. The van der Waals surface area contributed by atoms with Gasteiger partial charge in [0.1, 0.15) is 0 Å². The van der Waals surface area contributed by atoms with Gasteiger partial charge >= 0.3 is 0 Å². The van der Waals surface area contributed by atoms with Crippen LogP contribution < -0.4 is 4.80 Å². The lowest BCUT2D eigenvalue weighted by molar-refractivity contribution is 0.0996. The summed E-state index contributed by atoms with van der Waals surface area (Å²) in [6.07, 6.45) is 0. The number of hydrogen-bond acceptors (Lipinski definition) is 3. The number of rotatable bonds is 5. The highest BCUT2D eigenvalue weighted by Gasteiger charge is 2.10. The molecule has 4 nitrogen and oxygen atoms in total. The highest BCUT2D eigenvalue weighted by Crippen LogP contribution is 2.22. The van der Waals surface area contributed by atoms with Crippen LogP contribution in [0.25, 0.3) is 10.2 Å². The smallest absolute Gasteiger partial charge is 0.279 e. The van der Waals surface area contributed by atoms with E-state index in [-0.39, 0.29) is 5.91 Å². The standard InChI is InChI=1S/C19H19BrN2O2S/c1-3-24-10-9-22-16-8-7-15(20)12-17(16)25-19(22)21-18(23)14-6-4-5-13(2)11-14/h4-8,11-12H,3,9-10H2,1-2H3. The highest BCUT2D eigenvalue weighted by molar-refractivity contribution is 9.10. The SMILES string of the molecule is CCOCCn1c(=NC(=O)c2cccc(C)c2)sc2cc(Br)ccc21. The van der Waals surface area contributed by atoms with Gasteiger partial charge < -0.3 is 9.30 Å². The average Bonchev–Trinajstić information content (AvgIpc) is 2.91. The average molecular weight is 419 g/mol. The third-order valence-corrected chi connectivity index (χ3v) is 5.30. The summed E-state index contributed by atoms with van der Waals surface area (Å²) in [4.78, 5) is 17.7. The molecule has 2 aromatic carbocycles. The Hall–Kier alpha value is -1.76. The number of aryl methyl sites for hydroxylation is 1. The first-order chi connectivity index (χ1) is 12.1. The van der Waals surface area contributed by atoms with Gasteiger partial charge in [-0.05, 0) is 44.2 Å². The summed E-state index contributed by atoms with van der Waals surface area (Å²) >= 11 is 5.01. The van der Waals surface area contributed by atoms with E-state index in [1.165, 1.54) is 11.3 Å². The van der Waals surface area contributed by atoms with E-state index < -0.39 is 0 Å². The van der Waals surface area contributed by atoms with Crippen LogP contribution in [0.3, 0.4) is 0 Å². The first-order valence-corrected chi connectivity index (χ1v) is 9.72. The molecular formula is C19H19BrN2O2S. The van der Waals surface area contributed by atoms with E-state index in [0.29, 0.717) is 30.1 Å². The number of benzene rings is 2. The van der Waals surface area contributed by atoms with Crippen LogP contribution >= 0.6 is 27.3 Å². The molecule has 1 heterocycles. The maximum absolute atomic E-state index is 12.6. The first-order valence-electron chi connectivity index (χ1n) is 8.11. The molecule has 3 aromatic rings. The van der Waals surface area contributed by atoms with Crippen molar-refractivity contribution in [3.05, 3.63) is 62.9 Å². The molecule has 0 unspecified atom stereocenters. The van der Waals surface area contributed by atoms with Gasteiger partial charge in [-0.25, -0.2) is 0 Å². The summed E-state index contributed by atoms with van der Waals surface area (Å²) in [6, 6.07) is 13.6. The Morgan fingerprint density at radius 1 is 1.28 bits per heavy atom. The van der Waals surface area contributed by atoms with Gasteiger partial charge in [0.15, 0.2) is 4.80 Å². The van der Waals surface area contributed by atoms with Gasteiger partial charge in [0.05, 0.1) is 16.8 Å². The zero-order chi connectivity index (χ0) is 17.8. The molecule has 1 amide bonds. The van der Waals surface area contributed by atoms with Crippen LogP contribution in [0.15, 0.2) is 51.9 Å². The minimum atomic E-state index is -0.223. The van der Waals surface area contributed by atoms with Gasteiger partial charge in [0, 0.05) is 23.2 Å². The number of hydrogen-bond donors (Lipinski definition) is 0. The van der Waals surface area contributed by atoms with Crippen molar-refractivity contribution in [2.45, 2.75) is 20.4 Å². The third-order valence-electron chi connectivity index (χ3n) is 3.77. The molecule has 3 rings (SSSR count). The Balaban J connectivity index is 2.06. The van der Waals surface area contributed by atoms with Crippen molar-refractivity contribution in [2.24, 2.45) is 4.99 Å². The molecule has 0 aliphatic heterocycles. The van der Waals surface area contributed by atoms with E-state index in [0.717, 1.165) is 20.3 Å². The summed E-state index contributed by atoms with van der Waals surface area (Å²) in [5, 5.41) is 0. The Labute approximate surface area is 158 Å². The molecule has 0 atom stereocenters. The van der Waals surface area contributed by atoms with E-state index in [1.54, 1.807) is 6.07 Å². The van der Waals surface area contributed by atoms with E-state index in [4.69, 9.17) is 4.74 Å². The zero-order valence-corrected chi connectivity index (χ0v) is 16.6. The number of carbonyl (C=O) groups is 1. The summed E-state index contributed by atoms with van der Waals surface area (Å²) < 4.78 is 9.63. The number of thiazole rings is 1. The molecule has 130 valence electrons. The Kier molecular flexibility index (Phi) is 5.83. The maximum Gasteiger partial charge on any atom is 0.279 e. The maximum atomic E-state index is 12.6. The lowest BCUT2D eigenvalue weighted by Gasteiger charge is -2.05. The van der Waals surface area contributed by atoms with Crippen LogP contribution in [0.2, 0.25) is 0 Å². The van der Waals surface area contributed by atoms with Gasteiger partial charge in [-0.1, -0.05) is 45.0 Å². The van der Waals surface area contributed by atoms with Crippen molar-refractivity contribution in [1.82, 2.24) is 4.57 Å². The van der Waals surface area contributed by atoms with Crippen molar-refractivity contribution < 1.29 is 9.53 Å². The van der Waals surface area contributed by atoms with E-state index in [9.17, 15) is 4.79 Å². The first kappa shape index (κ1) is 18.0. The molecule has 0 saturated heterocycles. The Bertz CT molecular complexity index is 975. The quantitative estimate of drug-likeness (QED) is 0.570. The van der Waals surface area contributed by atoms with Crippen LogP contribution in [-0.2, 0) is 11.3 Å². The Morgan fingerprint density at radius 2 is 2.12 bits per heavy atom. The van der Waals surface area contributed by atoms with Crippen molar-refractivity contribution >= 4 is 43.4 Å². The fourth-order valence-corrected chi connectivity index (χ4v) is 4.18. The largest absolute Gasteiger partial charge is 0.380 e. The van der Waals surface area contributed by atoms with Crippen LogP contribution in [-0.4, -0.2) is 23.7 Å². The van der Waals surface area contributed by atoms with Crippen molar-refractivity contribution in [1.29, 1.82) is 0 Å². The molecule has 0 aliphatic carbocycles. The van der Waals surface area contributed by atoms with E-state index >= 15 is 0 Å². The predicted octanol–water partition coefficient (Wildman–Crippen LogP) is 4.55. The van der Waals surface area contributed by atoms with Gasteiger partial charge in [-0.15, -0.1) is 0 Å². The number of nitrogens with zero attached hydrogens (tertiary/aromatic N) is 2. The van der Waals surface area contributed by atoms with Gasteiger partial charge in [-0.2, -0.15) is 4.99 Å². The molecule has 0 N–H and O–H groups in total. The molecule has 0 saturated carbocycles. The second-order valence-electron chi connectivity index (χ2n) is 5.63. The minimum absolute atomic E-state index is 0.223. The number of aromatic nitrogens is 1. The lowest BCUT2D eigenvalue weighted by atomic mass is 10.1. The topological polar surface area (TPSA) is 43.6 Å². The summed E-state index contributed by atoms with van der Waals surface area (Å²) in [6.45, 7) is 5.86. The molecule has 6 heteroatoms. The predicted molar refractivity (Wildman–Crippen MR) is 105 cm³/mol. The molecule has 0 radical (unpaired) electrons. The second kappa shape index (κ2) is 8.08. The summed E-state index contributed by atoms with van der Waals surface area (Å²) in [5.74, 6) is -0.223. The fourth-order valence-electron chi connectivity index (χ4n) is 2.58. The number of amides is 1. The van der Waals surface area contributed by atoms with Gasteiger partial charge in [0.25, 0.3) is 5.91 Å². The third kappa shape index (κ3) is 4.26. The summed E-state index contributed by atoms with van der Waals surface area (Å²) in [7, 11) is 0. The number of halogens is 1. The molecule has 25 heavy (non-hydrogen) atoms. The number of fused-ring (bicyclic) bond motifs is 1. The van der Waals surface area contributed by atoms with Gasteiger partial charge in [0.2, 0.25) is 0 Å². The monoisotopic (exact) mass is 418 g/mol. The molecule has 0 aliphatic rings. The van der Waals surface area contributed by atoms with Crippen LogP contribution in [0, 0.1) is 6.92 Å². The molecule has 0 bridgehead atoms.